The second kappa shape index (κ2) is 5.10. The van der Waals surface area contributed by atoms with Gasteiger partial charge in [-0.2, -0.15) is 0 Å². The number of hydrogen-bond acceptors (Lipinski definition) is 1. The van der Waals surface area contributed by atoms with Gasteiger partial charge in [0.1, 0.15) is 5.82 Å². The van der Waals surface area contributed by atoms with E-state index in [4.69, 9.17) is 0 Å². The molecule has 2 aliphatic rings. The van der Waals surface area contributed by atoms with Crippen molar-refractivity contribution in [2.75, 3.05) is 7.05 Å². The van der Waals surface area contributed by atoms with Crippen LogP contribution in [0.4, 0.5) is 4.39 Å². The third-order valence-electron chi connectivity index (χ3n) is 5.77. The van der Waals surface area contributed by atoms with E-state index < -0.39 is 0 Å². The van der Waals surface area contributed by atoms with Crippen molar-refractivity contribution in [3.05, 3.63) is 47.8 Å². The first-order valence-electron chi connectivity index (χ1n) is 8.12. The van der Waals surface area contributed by atoms with Crippen molar-refractivity contribution in [3.8, 4) is 0 Å². The molecule has 2 heteroatoms. The van der Waals surface area contributed by atoms with Crippen LogP contribution in [-0.2, 0) is 0 Å². The van der Waals surface area contributed by atoms with Gasteiger partial charge in [-0.3, -0.25) is 0 Å². The first kappa shape index (κ1) is 13.3. The summed E-state index contributed by atoms with van der Waals surface area (Å²) in [6.07, 6.45) is 5.54. The van der Waals surface area contributed by atoms with Crippen molar-refractivity contribution in [3.63, 3.8) is 0 Å². The second-order valence-corrected chi connectivity index (χ2v) is 6.79. The van der Waals surface area contributed by atoms with Gasteiger partial charge in [0, 0.05) is 11.4 Å². The van der Waals surface area contributed by atoms with Crippen LogP contribution in [0.1, 0.15) is 37.3 Å². The standard InChI is InChI=1S/C19H22FN/c1-21-19(17-11-12-6-7-13(17)10-12)16-8-9-18(20)15-5-3-2-4-14(15)16/h2-5,8-9,12-13,17,19,21H,6-7,10-11H2,1H3. The highest BCUT2D eigenvalue weighted by atomic mass is 19.1. The van der Waals surface area contributed by atoms with Crippen LogP contribution in [0.3, 0.4) is 0 Å². The van der Waals surface area contributed by atoms with E-state index in [1.807, 2.05) is 24.3 Å². The average molecular weight is 283 g/mol. The van der Waals surface area contributed by atoms with E-state index in [2.05, 4.69) is 18.4 Å². The van der Waals surface area contributed by atoms with Gasteiger partial charge >= 0.3 is 0 Å². The highest BCUT2D eigenvalue weighted by Gasteiger charge is 2.43. The molecule has 0 saturated heterocycles. The fraction of sp³-hybridized carbons (Fsp3) is 0.474. The largest absolute Gasteiger partial charge is 0.313 e. The summed E-state index contributed by atoms with van der Waals surface area (Å²) in [5.74, 6) is 2.39. The molecular weight excluding hydrogens is 261 g/mol. The molecule has 2 bridgehead atoms. The number of benzene rings is 2. The molecule has 4 unspecified atom stereocenters. The summed E-state index contributed by atoms with van der Waals surface area (Å²) in [6, 6.07) is 11.9. The van der Waals surface area contributed by atoms with E-state index in [9.17, 15) is 4.39 Å². The maximum Gasteiger partial charge on any atom is 0.131 e. The van der Waals surface area contributed by atoms with Gasteiger partial charge in [-0.1, -0.05) is 36.8 Å². The minimum absolute atomic E-state index is 0.114. The zero-order valence-electron chi connectivity index (χ0n) is 12.5. The molecule has 110 valence electrons. The molecule has 2 saturated carbocycles. The lowest BCUT2D eigenvalue weighted by atomic mass is 9.79. The molecule has 0 spiro atoms. The van der Waals surface area contributed by atoms with Crippen molar-refractivity contribution >= 4 is 10.8 Å². The number of rotatable bonds is 3. The molecule has 1 N–H and O–H groups in total. The number of nitrogens with one attached hydrogen (secondary N) is 1. The average Bonchev–Trinajstić information content (AvgIpc) is 3.14. The maximum absolute atomic E-state index is 14.0. The first-order chi connectivity index (χ1) is 10.3. The van der Waals surface area contributed by atoms with Crippen LogP contribution >= 0.6 is 0 Å². The Labute approximate surface area is 125 Å². The fourth-order valence-corrected chi connectivity index (χ4v) is 4.86. The van der Waals surface area contributed by atoms with Gasteiger partial charge in [0.05, 0.1) is 0 Å². The molecule has 2 aromatic rings. The van der Waals surface area contributed by atoms with Gasteiger partial charge in [-0.05, 0) is 61.1 Å². The minimum Gasteiger partial charge on any atom is -0.313 e. The van der Waals surface area contributed by atoms with Gasteiger partial charge in [0.2, 0.25) is 0 Å². The van der Waals surface area contributed by atoms with E-state index in [-0.39, 0.29) is 5.82 Å². The summed E-state index contributed by atoms with van der Waals surface area (Å²) in [6.45, 7) is 0. The predicted molar refractivity (Wildman–Crippen MR) is 84.6 cm³/mol. The molecule has 0 heterocycles. The highest BCUT2D eigenvalue weighted by Crippen LogP contribution is 2.53. The number of halogens is 1. The van der Waals surface area contributed by atoms with Gasteiger partial charge in [0.25, 0.3) is 0 Å². The van der Waals surface area contributed by atoms with Gasteiger partial charge < -0.3 is 5.32 Å². The Morgan fingerprint density at radius 2 is 1.86 bits per heavy atom. The Morgan fingerprint density at radius 3 is 2.52 bits per heavy atom. The summed E-state index contributed by atoms with van der Waals surface area (Å²) in [5, 5.41) is 5.35. The molecule has 4 rings (SSSR count). The maximum atomic E-state index is 14.0. The summed E-state index contributed by atoms with van der Waals surface area (Å²) in [5.41, 5.74) is 1.27. The van der Waals surface area contributed by atoms with Crippen LogP contribution in [0.15, 0.2) is 36.4 Å². The molecular formula is C19H22FN. The Bertz CT molecular complexity index is 666. The Balaban J connectivity index is 1.79. The summed E-state index contributed by atoms with van der Waals surface area (Å²) in [7, 11) is 2.05. The molecule has 4 atom stereocenters. The fourth-order valence-electron chi connectivity index (χ4n) is 4.86. The SMILES string of the molecule is CNC(c1ccc(F)c2ccccc12)C1CC2CCC1C2. The third-order valence-corrected chi connectivity index (χ3v) is 5.77. The van der Waals surface area contributed by atoms with E-state index in [1.165, 1.54) is 31.2 Å². The van der Waals surface area contributed by atoms with Crippen LogP contribution in [0.2, 0.25) is 0 Å². The van der Waals surface area contributed by atoms with Crippen molar-refractivity contribution in [1.82, 2.24) is 5.32 Å². The van der Waals surface area contributed by atoms with Crippen LogP contribution < -0.4 is 5.32 Å². The summed E-state index contributed by atoms with van der Waals surface area (Å²) >= 11 is 0. The van der Waals surface area contributed by atoms with Gasteiger partial charge in [-0.25, -0.2) is 4.39 Å². The third kappa shape index (κ3) is 2.08. The predicted octanol–water partition coefficient (Wildman–Crippen LogP) is 4.68. The number of hydrogen-bond donors (Lipinski definition) is 1. The van der Waals surface area contributed by atoms with Crippen molar-refractivity contribution in [1.29, 1.82) is 0 Å². The lowest BCUT2D eigenvalue weighted by molar-refractivity contribution is 0.260. The molecule has 2 fully saturated rings. The molecule has 1 nitrogen and oxygen atoms in total. The van der Waals surface area contributed by atoms with Gasteiger partial charge in [0.15, 0.2) is 0 Å². The lowest BCUT2D eigenvalue weighted by Gasteiger charge is -2.31. The lowest BCUT2D eigenvalue weighted by Crippen LogP contribution is -2.29. The zero-order valence-corrected chi connectivity index (χ0v) is 12.5. The Kier molecular flexibility index (Phi) is 3.22. The summed E-state index contributed by atoms with van der Waals surface area (Å²) < 4.78 is 14.0. The molecule has 2 aliphatic carbocycles. The van der Waals surface area contributed by atoms with Crippen LogP contribution in [0, 0.1) is 23.6 Å². The second-order valence-electron chi connectivity index (χ2n) is 6.79. The van der Waals surface area contributed by atoms with Crippen LogP contribution in [0.25, 0.3) is 10.8 Å². The topological polar surface area (TPSA) is 12.0 Å². The van der Waals surface area contributed by atoms with Crippen LogP contribution in [-0.4, -0.2) is 7.05 Å². The Morgan fingerprint density at radius 1 is 1.05 bits per heavy atom. The first-order valence-corrected chi connectivity index (χ1v) is 8.12. The molecule has 2 aromatic carbocycles. The van der Waals surface area contributed by atoms with E-state index >= 15 is 0 Å². The summed E-state index contributed by atoms with van der Waals surface area (Å²) in [4.78, 5) is 0. The molecule has 0 aliphatic heterocycles. The molecule has 21 heavy (non-hydrogen) atoms. The normalized spacial score (nSPS) is 29.1. The smallest absolute Gasteiger partial charge is 0.131 e. The molecule has 0 aromatic heterocycles. The van der Waals surface area contributed by atoms with Crippen molar-refractivity contribution in [2.45, 2.75) is 31.7 Å². The number of fused-ring (bicyclic) bond motifs is 3. The zero-order chi connectivity index (χ0) is 14.4. The van der Waals surface area contributed by atoms with Crippen molar-refractivity contribution < 1.29 is 4.39 Å². The van der Waals surface area contributed by atoms with E-state index in [0.717, 1.165) is 22.6 Å². The quantitative estimate of drug-likeness (QED) is 0.862. The molecule has 0 amide bonds. The molecule has 0 radical (unpaired) electrons. The van der Waals surface area contributed by atoms with Crippen molar-refractivity contribution in [2.24, 2.45) is 17.8 Å². The van der Waals surface area contributed by atoms with E-state index in [0.29, 0.717) is 12.0 Å². The van der Waals surface area contributed by atoms with Crippen LogP contribution in [0.5, 0.6) is 0 Å². The van der Waals surface area contributed by atoms with E-state index in [1.54, 1.807) is 6.07 Å². The Hall–Kier alpha value is -1.41. The monoisotopic (exact) mass is 283 g/mol. The minimum atomic E-state index is -0.114. The van der Waals surface area contributed by atoms with Gasteiger partial charge in [-0.15, -0.1) is 0 Å². The highest BCUT2D eigenvalue weighted by molar-refractivity contribution is 5.86.